The van der Waals surface area contributed by atoms with Crippen molar-refractivity contribution in [1.29, 1.82) is 0 Å². The van der Waals surface area contributed by atoms with Crippen LogP contribution in [0, 0.1) is 0 Å². The highest BCUT2D eigenvalue weighted by Gasteiger charge is 2.14. The Bertz CT molecular complexity index is 1220. The van der Waals surface area contributed by atoms with Crippen molar-refractivity contribution in [3.63, 3.8) is 0 Å². The Morgan fingerprint density at radius 2 is 1.60 bits per heavy atom. The number of pyridine rings is 1. The van der Waals surface area contributed by atoms with Crippen LogP contribution in [0.2, 0.25) is 5.02 Å². The molecule has 30 heavy (non-hydrogen) atoms. The van der Waals surface area contributed by atoms with Crippen molar-refractivity contribution in [2.75, 3.05) is 5.32 Å². The minimum atomic E-state index is -0.601. The van der Waals surface area contributed by atoms with Crippen molar-refractivity contribution in [2.45, 2.75) is 0 Å². The maximum Gasteiger partial charge on any atom is 0.267 e. The maximum atomic E-state index is 12.6. The number of imidazole rings is 1. The standard InChI is InChI=1S/C22H16ClN5O2/c23-17-7-5-13(6-8-17)16-9-10-25-18(11-16)28-22(30)15-3-1-14(2-4-15)19-20(21(24)29)27-12-26-19/h1-12H,(H2,24,29)(H,26,27)(H,25,28,30). The first kappa shape index (κ1) is 19.4. The summed E-state index contributed by atoms with van der Waals surface area (Å²) in [5.74, 6) is -0.477. The van der Waals surface area contributed by atoms with Gasteiger partial charge in [0.1, 0.15) is 17.2 Å². The van der Waals surface area contributed by atoms with Crippen LogP contribution >= 0.6 is 11.6 Å². The number of halogens is 1. The molecule has 0 spiro atoms. The Hall–Kier alpha value is -3.97. The minimum absolute atomic E-state index is 0.218. The molecule has 2 aromatic carbocycles. The van der Waals surface area contributed by atoms with Gasteiger partial charge >= 0.3 is 0 Å². The van der Waals surface area contributed by atoms with Crippen LogP contribution in [0.25, 0.3) is 22.4 Å². The first-order valence-electron chi connectivity index (χ1n) is 8.98. The van der Waals surface area contributed by atoms with Gasteiger partial charge < -0.3 is 16.0 Å². The number of benzene rings is 2. The van der Waals surface area contributed by atoms with Crippen LogP contribution in [0.3, 0.4) is 0 Å². The fourth-order valence-electron chi connectivity index (χ4n) is 2.99. The molecule has 0 fully saturated rings. The molecule has 4 aromatic rings. The molecular formula is C22H16ClN5O2. The van der Waals surface area contributed by atoms with Crippen molar-refractivity contribution in [2.24, 2.45) is 5.73 Å². The van der Waals surface area contributed by atoms with Crippen LogP contribution in [0.5, 0.6) is 0 Å². The number of hydrogen-bond acceptors (Lipinski definition) is 4. The number of nitrogens with two attached hydrogens (primary N) is 1. The minimum Gasteiger partial charge on any atom is -0.364 e. The van der Waals surface area contributed by atoms with Crippen LogP contribution in [-0.2, 0) is 0 Å². The second-order valence-electron chi connectivity index (χ2n) is 6.46. The number of aromatic amines is 1. The molecule has 0 aliphatic rings. The first-order valence-corrected chi connectivity index (χ1v) is 9.36. The second kappa shape index (κ2) is 8.18. The molecule has 2 amide bonds. The van der Waals surface area contributed by atoms with Gasteiger partial charge in [-0.15, -0.1) is 0 Å². The normalized spacial score (nSPS) is 10.6. The molecule has 4 rings (SSSR count). The molecule has 0 bridgehead atoms. The van der Waals surface area contributed by atoms with Gasteiger partial charge in [-0.3, -0.25) is 9.59 Å². The molecule has 0 saturated heterocycles. The van der Waals surface area contributed by atoms with Crippen molar-refractivity contribution < 1.29 is 9.59 Å². The number of carbonyl (C=O) groups is 2. The first-order chi connectivity index (χ1) is 14.5. The molecule has 0 aliphatic carbocycles. The molecule has 2 aromatic heterocycles. The lowest BCUT2D eigenvalue weighted by Gasteiger charge is -2.08. The van der Waals surface area contributed by atoms with E-state index in [1.807, 2.05) is 18.2 Å². The third-order valence-corrected chi connectivity index (χ3v) is 4.74. The van der Waals surface area contributed by atoms with Gasteiger partial charge in [-0.25, -0.2) is 9.97 Å². The number of carbonyl (C=O) groups excluding carboxylic acids is 2. The summed E-state index contributed by atoms with van der Waals surface area (Å²) in [5.41, 5.74) is 8.97. The van der Waals surface area contributed by atoms with Crippen LogP contribution in [-0.4, -0.2) is 26.8 Å². The Morgan fingerprint density at radius 3 is 2.30 bits per heavy atom. The lowest BCUT2D eigenvalue weighted by Crippen LogP contribution is -2.13. The quantitative estimate of drug-likeness (QED) is 0.452. The van der Waals surface area contributed by atoms with Crippen LogP contribution in [0.4, 0.5) is 5.82 Å². The predicted octanol–water partition coefficient (Wildman–Crippen LogP) is 4.14. The molecule has 148 valence electrons. The largest absolute Gasteiger partial charge is 0.364 e. The number of nitrogens with one attached hydrogen (secondary N) is 2. The number of nitrogens with zero attached hydrogens (tertiary/aromatic N) is 2. The van der Waals surface area contributed by atoms with Crippen LogP contribution < -0.4 is 11.1 Å². The number of amides is 2. The van der Waals surface area contributed by atoms with Gasteiger partial charge in [0, 0.05) is 22.3 Å². The van der Waals surface area contributed by atoms with E-state index in [2.05, 4.69) is 20.3 Å². The Morgan fingerprint density at radius 1 is 0.900 bits per heavy atom. The summed E-state index contributed by atoms with van der Waals surface area (Å²) >= 11 is 5.94. The summed E-state index contributed by atoms with van der Waals surface area (Å²) in [5, 5.41) is 3.45. The number of rotatable bonds is 5. The molecule has 0 aliphatic heterocycles. The molecular weight excluding hydrogens is 402 g/mol. The van der Waals surface area contributed by atoms with Crippen molar-refractivity contribution in [3.8, 4) is 22.4 Å². The molecule has 0 saturated carbocycles. The molecule has 2 heterocycles. The van der Waals surface area contributed by atoms with E-state index in [9.17, 15) is 9.59 Å². The summed E-state index contributed by atoms with van der Waals surface area (Å²) in [7, 11) is 0. The smallest absolute Gasteiger partial charge is 0.267 e. The van der Waals surface area contributed by atoms with Gasteiger partial charge in [-0.05, 0) is 47.5 Å². The van der Waals surface area contributed by atoms with E-state index in [0.29, 0.717) is 27.7 Å². The van der Waals surface area contributed by atoms with Gasteiger partial charge in [0.15, 0.2) is 0 Å². The molecule has 8 heteroatoms. The molecule has 0 unspecified atom stereocenters. The van der Waals surface area contributed by atoms with Gasteiger partial charge in [-0.2, -0.15) is 0 Å². The van der Waals surface area contributed by atoms with E-state index < -0.39 is 5.91 Å². The van der Waals surface area contributed by atoms with E-state index in [-0.39, 0.29) is 11.6 Å². The van der Waals surface area contributed by atoms with Gasteiger partial charge in [-0.1, -0.05) is 35.9 Å². The zero-order chi connectivity index (χ0) is 21.1. The zero-order valence-electron chi connectivity index (χ0n) is 15.6. The third-order valence-electron chi connectivity index (χ3n) is 4.49. The predicted molar refractivity (Wildman–Crippen MR) is 115 cm³/mol. The highest BCUT2D eigenvalue weighted by molar-refractivity contribution is 6.30. The van der Waals surface area contributed by atoms with Crippen molar-refractivity contribution in [1.82, 2.24) is 15.0 Å². The molecule has 0 radical (unpaired) electrons. The summed E-state index contributed by atoms with van der Waals surface area (Å²) in [6.07, 6.45) is 3.03. The van der Waals surface area contributed by atoms with E-state index in [1.54, 1.807) is 48.7 Å². The van der Waals surface area contributed by atoms with Crippen LogP contribution in [0.1, 0.15) is 20.8 Å². The maximum absolute atomic E-state index is 12.6. The number of aromatic nitrogens is 3. The lowest BCUT2D eigenvalue weighted by atomic mass is 10.1. The van der Waals surface area contributed by atoms with Crippen molar-refractivity contribution in [3.05, 3.63) is 89.5 Å². The topological polar surface area (TPSA) is 114 Å². The van der Waals surface area contributed by atoms with Gasteiger partial charge in [0.2, 0.25) is 0 Å². The summed E-state index contributed by atoms with van der Waals surface area (Å²) in [4.78, 5) is 35.1. The third kappa shape index (κ3) is 4.06. The average Bonchev–Trinajstić information content (AvgIpc) is 3.25. The number of anilines is 1. The van der Waals surface area contributed by atoms with E-state index >= 15 is 0 Å². The molecule has 4 N–H and O–H groups in total. The Balaban J connectivity index is 1.52. The highest BCUT2D eigenvalue weighted by Crippen LogP contribution is 2.24. The SMILES string of the molecule is NC(=O)c1[nH]cnc1-c1ccc(C(=O)Nc2cc(-c3ccc(Cl)cc3)ccn2)cc1. The fraction of sp³-hybridized carbons (Fsp3) is 0. The zero-order valence-corrected chi connectivity index (χ0v) is 16.4. The Kier molecular flexibility index (Phi) is 5.28. The van der Waals surface area contributed by atoms with Gasteiger partial charge in [0.25, 0.3) is 11.8 Å². The second-order valence-corrected chi connectivity index (χ2v) is 6.89. The average molecular weight is 418 g/mol. The molecule has 7 nitrogen and oxygen atoms in total. The van der Waals surface area contributed by atoms with E-state index in [4.69, 9.17) is 17.3 Å². The van der Waals surface area contributed by atoms with E-state index in [0.717, 1.165) is 11.1 Å². The summed E-state index contributed by atoms with van der Waals surface area (Å²) in [6.45, 7) is 0. The van der Waals surface area contributed by atoms with Crippen molar-refractivity contribution >= 4 is 29.2 Å². The highest BCUT2D eigenvalue weighted by atomic mass is 35.5. The number of H-pyrrole nitrogens is 1. The summed E-state index contributed by atoms with van der Waals surface area (Å²) in [6, 6.07) is 17.8. The molecule has 0 atom stereocenters. The summed E-state index contributed by atoms with van der Waals surface area (Å²) < 4.78 is 0. The Labute approximate surface area is 176 Å². The van der Waals surface area contributed by atoms with Crippen LogP contribution in [0.15, 0.2) is 73.2 Å². The van der Waals surface area contributed by atoms with Gasteiger partial charge in [0.05, 0.1) is 6.33 Å². The monoisotopic (exact) mass is 417 g/mol. The number of hydrogen-bond donors (Lipinski definition) is 3. The van der Waals surface area contributed by atoms with E-state index in [1.165, 1.54) is 6.33 Å². The fourth-order valence-corrected chi connectivity index (χ4v) is 3.12. The lowest BCUT2D eigenvalue weighted by molar-refractivity contribution is 0.0994. The number of primary amides is 1.